The second-order valence-corrected chi connectivity index (χ2v) is 9.20. The molecule has 2 fully saturated rings. The van der Waals surface area contributed by atoms with Crippen LogP contribution in [-0.4, -0.2) is 53.7 Å². The molecule has 8 heteroatoms. The van der Waals surface area contributed by atoms with Gasteiger partial charge in [-0.25, -0.2) is 0 Å². The first-order chi connectivity index (χ1) is 14.3. The van der Waals surface area contributed by atoms with Gasteiger partial charge in [0.05, 0.1) is 11.1 Å². The standard InChI is InChI=1S/C22H28N4O4/c1-22(2)9-8-14(24-12-22)11-23-10-13-4-3-5-15-18(13)21(30)26(20(15)29)16-6-7-17(27)25-19(16)28/h3-5,14,16,23-24H,6-12H2,1-2H3,(H,25,27,28). The lowest BCUT2D eigenvalue weighted by atomic mass is 9.82. The number of rotatable bonds is 5. The Balaban J connectivity index is 1.44. The van der Waals surface area contributed by atoms with E-state index >= 15 is 0 Å². The number of imide groups is 2. The van der Waals surface area contributed by atoms with Crippen molar-refractivity contribution in [2.45, 2.75) is 58.2 Å². The number of piperidine rings is 2. The van der Waals surface area contributed by atoms with E-state index in [2.05, 4.69) is 29.8 Å². The van der Waals surface area contributed by atoms with Gasteiger partial charge in [0, 0.05) is 32.1 Å². The van der Waals surface area contributed by atoms with Crippen LogP contribution < -0.4 is 16.0 Å². The molecule has 0 saturated carbocycles. The first-order valence-corrected chi connectivity index (χ1v) is 10.5. The number of nitrogens with zero attached hydrogens (tertiary/aromatic N) is 1. The average Bonchev–Trinajstić information content (AvgIpc) is 2.95. The Kier molecular flexibility index (Phi) is 5.46. The van der Waals surface area contributed by atoms with Gasteiger partial charge in [0.2, 0.25) is 11.8 Å². The summed E-state index contributed by atoms with van der Waals surface area (Å²) in [7, 11) is 0. The van der Waals surface area contributed by atoms with E-state index in [1.165, 1.54) is 6.42 Å². The number of hydrogen-bond acceptors (Lipinski definition) is 6. The van der Waals surface area contributed by atoms with E-state index in [1.807, 2.05) is 6.07 Å². The summed E-state index contributed by atoms with van der Waals surface area (Å²) in [5, 5.41) is 9.18. The number of amides is 4. The molecule has 4 rings (SSSR count). The number of carbonyl (C=O) groups is 4. The average molecular weight is 412 g/mol. The second kappa shape index (κ2) is 7.92. The normalized spacial score (nSPS) is 26.0. The molecule has 2 unspecified atom stereocenters. The number of hydrogen-bond donors (Lipinski definition) is 3. The Morgan fingerprint density at radius 1 is 1.13 bits per heavy atom. The third kappa shape index (κ3) is 3.89. The molecule has 3 aliphatic heterocycles. The van der Waals surface area contributed by atoms with E-state index in [1.54, 1.807) is 12.1 Å². The van der Waals surface area contributed by atoms with Crippen LogP contribution in [0, 0.1) is 5.41 Å². The van der Waals surface area contributed by atoms with E-state index in [-0.39, 0.29) is 18.7 Å². The van der Waals surface area contributed by atoms with Crippen LogP contribution in [0.5, 0.6) is 0 Å². The molecule has 4 amide bonds. The van der Waals surface area contributed by atoms with Gasteiger partial charge >= 0.3 is 0 Å². The van der Waals surface area contributed by atoms with Crippen LogP contribution in [0.3, 0.4) is 0 Å². The van der Waals surface area contributed by atoms with E-state index in [0.717, 1.165) is 30.0 Å². The summed E-state index contributed by atoms with van der Waals surface area (Å²) in [5.41, 5.74) is 1.75. The number of carbonyl (C=O) groups excluding carboxylic acids is 4. The summed E-state index contributed by atoms with van der Waals surface area (Å²) < 4.78 is 0. The van der Waals surface area contributed by atoms with Gasteiger partial charge in [-0.1, -0.05) is 26.0 Å². The maximum atomic E-state index is 13.1. The summed E-state index contributed by atoms with van der Waals surface area (Å²) in [4.78, 5) is 50.6. The maximum Gasteiger partial charge on any atom is 0.262 e. The van der Waals surface area contributed by atoms with Crippen molar-refractivity contribution in [2.75, 3.05) is 13.1 Å². The third-order valence-electron chi connectivity index (χ3n) is 6.30. The zero-order chi connectivity index (χ0) is 21.5. The Labute approximate surface area is 175 Å². The lowest BCUT2D eigenvalue weighted by Gasteiger charge is -2.35. The molecule has 3 aliphatic rings. The molecular formula is C22H28N4O4. The van der Waals surface area contributed by atoms with Crippen LogP contribution in [0.2, 0.25) is 0 Å². The van der Waals surface area contributed by atoms with Gasteiger partial charge < -0.3 is 10.6 Å². The molecule has 0 aromatic heterocycles. The van der Waals surface area contributed by atoms with Crippen molar-refractivity contribution < 1.29 is 19.2 Å². The molecule has 3 N–H and O–H groups in total. The largest absolute Gasteiger partial charge is 0.312 e. The molecule has 0 spiro atoms. The minimum absolute atomic E-state index is 0.115. The first kappa shape index (κ1) is 20.7. The molecule has 0 radical (unpaired) electrons. The van der Waals surface area contributed by atoms with Crippen molar-refractivity contribution in [3.05, 3.63) is 34.9 Å². The topological polar surface area (TPSA) is 108 Å². The molecule has 8 nitrogen and oxygen atoms in total. The predicted octanol–water partition coefficient (Wildman–Crippen LogP) is 0.956. The molecule has 3 heterocycles. The highest BCUT2D eigenvalue weighted by Gasteiger charge is 2.45. The molecule has 1 aromatic rings. The van der Waals surface area contributed by atoms with Crippen LogP contribution in [-0.2, 0) is 16.1 Å². The van der Waals surface area contributed by atoms with Gasteiger partial charge in [-0.05, 0) is 36.3 Å². The summed E-state index contributed by atoms with van der Waals surface area (Å²) in [6.07, 6.45) is 2.53. The zero-order valence-electron chi connectivity index (χ0n) is 17.4. The van der Waals surface area contributed by atoms with Gasteiger partial charge in [-0.2, -0.15) is 0 Å². The van der Waals surface area contributed by atoms with Crippen LogP contribution >= 0.6 is 0 Å². The molecular weight excluding hydrogens is 384 g/mol. The van der Waals surface area contributed by atoms with Crippen molar-refractivity contribution in [2.24, 2.45) is 5.41 Å². The quantitative estimate of drug-likeness (QED) is 0.622. The Hall–Kier alpha value is -2.58. The minimum Gasteiger partial charge on any atom is -0.312 e. The first-order valence-electron chi connectivity index (χ1n) is 10.5. The van der Waals surface area contributed by atoms with E-state index in [9.17, 15) is 19.2 Å². The van der Waals surface area contributed by atoms with Crippen molar-refractivity contribution in [3.8, 4) is 0 Å². The summed E-state index contributed by atoms with van der Waals surface area (Å²) >= 11 is 0. The summed E-state index contributed by atoms with van der Waals surface area (Å²) in [6, 6.07) is 4.66. The second-order valence-electron chi connectivity index (χ2n) is 9.20. The Bertz CT molecular complexity index is 900. The fourth-order valence-electron chi connectivity index (χ4n) is 4.46. The van der Waals surface area contributed by atoms with Crippen LogP contribution in [0.25, 0.3) is 0 Å². The molecule has 2 saturated heterocycles. The number of benzene rings is 1. The Morgan fingerprint density at radius 2 is 1.93 bits per heavy atom. The number of fused-ring (bicyclic) bond motifs is 1. The van der Waals surface area contributed by atoms with Crippen molar-refractivity contribution in [1.82, 2.24) is 20.9 Å². The van der Waals surface area contributed by atoms with Crippen LogP contribution in [0.4, 0.5) is 0 Å². The molecule has 1 aromatic carbocycles. The molecule has 2 atom stereocenters. The maximum absolute atomic E-state index is 13.1. The van der Waals surface area contributed by atoms with Crippen LogP contribution in [0.1, 0.15) is 65.8 Å². The third-order valence-corrected chi connectivity index (χ3v) is 6.30. The number of nitrogens with one attached hydrogen (secondary N) is 3. The molecule has 0 aliphatic carbocycles. The van der Waals surface area contributed by atoms with Crippen molar-refractivity contribution in [3.63, 3.8) is 0 Å². The highest BCUT2D eigenvalue weighted by atomic mass is 16.2. The van der Waals surface area contributed by atoms with Gasteiger partial charge in [0.15, 0.2) is 0 Å². The summed E-state index contributed by atoms with van der Waals surface area (Å²) in [5.74, 6) is -1.90. The minimum atomic E-state index is -0.939. The van der Waals surface area contributed by atoms with Crippen LogP contribution in [0.15, 0.2) is 18.2 Å². The highest BCUT2D eigenvalue weighted by molar-refractivity contribution is 6.24. The lowest BCUT2D eigenvalue weighted by molar-refractivity contribution is -0.136. The molecule has 0 bridgehead atoms. The molecule has 30 heavy (non-hydrogen) atoms. The lowest BCUT2D eigenvalue weighted by Crippen LogP contribution is -2.54. The fourth-order valence-corrected chi connectivity index (χ4v) is 4.46. The van der Waals surface area contributed by atoms with E-state index in [4.69, 9.17) is 0 Å². The van der Waals surface area contributed by atoms with Gasteiger partial charge in [-0.3, -0.25) is 29.4 Å². The van der Waals surface area contributed by atoms with Crippen molar-refractivity contribution in [1.29, 1.82) is 0 Å². The predicted molar refractivity (Wildman–Crippen MR) is 110 cm³/mol. The Morgan fingerprint density at radius 3 is 2.63 bits per heavy atom. The summed E-state index contributed by atoms with van der Waals surface area (Å²) in [6.45, 7) is 6.74. The fraction of sp³-hybridized carbons (Fsp3) is 0.545. The zero-order valence-corrected chi connectivity index (χ0v) is 17.4. The molecule has 160 valence electrons. The van der Waals surface area contributed by atoms with E-state index in [0.29, 0.717) is 29.1 Å². The SMILES string of the molecule is CC1(C)CCC(CNCc2cccc3c2C(=O)N(C2CCC(=O)NC2=O)C3=O)NC1. The smallest absolute Gasteiger partial charge is 0.262 e. The van der Waals surface area contributed by atoms with E-state index < -0.39 is 23.8 Å². The monoisotopic (exact) mass is 412 g/mol. The van der Waals surface area contributed by atoms with Gasteiger partial charge in [0.25, 0.3) is 11.8 Å². The van der Waals surface area contributed by atoms with Crippen molar-refractivity contribution >= 4 is 23.6 Å². The van der Waals surface area contributed by atoms with Gasteiger partial charge in [0.1, 0.15) is 6.04 Å². The van der Waals surface area contributed by atoms with Gasteiger partial charge in [-0.15, -0.1) is 0 Å². The highest BCUT2D eigenvalue weighted by Crippen LogP contribution is 2.30.